The number of aliphatic hydroxyl groups excluding tert-OH is 7. The molecule has 0 radical (unpaired) electrons. The predicted octanol–water partition coefficient (Wildman–Crippen LogP) is 13.9. The van der Waals surface area contributed by atoms with E-state index in [-0.39, 0.29) is 12.8 Å². The molecule has 0 saturated carbocycles. The summed E-state index contributed by atoms with van der Waals surface area (Å²) in [5, 5.41) is 76.2. The van der Waals surface area contributed by atoms with Gasteiger partial charge in [0.1, 0.15) is 36.6 Å². The number of ether oxygens (including phenoxy) is 2. The maximum Gasteiger partial charge on any atom is 0.249 e. The average molecular weight is 1050 g/mol. The number of carbonyl (C=O) groups excluding carboxylic acids is 1. The normalized spacial score (nSPS) is 20.0. The number of rotatable bonds is 54. The molecule has 0 aromatic heterocycles. The van der Waals surface area contributed by atoms with Gasteiger partial charge in [-0.15, -0.1) is 0 Å². The molecule has 0 aromatic rings. The Labute approximate surface area is 454 Å². The first-order valence-electron chi connectivity index (χ1n) is 31.4. The van der Waals surface area contributed by atoms with Gasteiger partial charge in [0.15, 0.2) is 6.29 Å². The van der Waals surface area contributed by atoms with E-state index < -0.39 is 74.2 Å². The van der Waals surface area contributed by atoms with E-state index in [0.717, 1.165) is 44.9 Å². The van der Waals surface area contributed by atoms with Crippen LogP contribution >= 0.6 is 0 Å². The SMILES string of the molecule is CCCCCCCCCCCCCC/C=C\CCCCCCCCCC(O)C(=O)NC(COC1OC(CO)C(O)C(O)C1O)C(O)C(O)CCC/C=C/CC/C=C/CCCCCCCCCCCCCCCCC. The van der Waals surface area contributed by atoms with Gasteiger partial charge in [-0.3, -0.25) is 4.79 Å². The smallest absolute Gasteiger partial charge is 0.249 e. The minimum absolute atomic E-state index is 0.246. The molecular formula is C63H119NO10. The van der Waals surface area contributed by atoms with Crippen LogP contribution in [0.2, 0.25) is 0 Å². The number of unbranched alkanes of at least 4 members (excludes halogenated alkanes) is 36. The lowest BCUT2D eigenvalue weighted by atomic mass is 9.98. The van der Waals surface area contributed by atoms with E-state index in [9.17, 15) is 40.5 Å². The van der Waals surface area contributed by atoms with E-state index >= 15 is 0 Å². The molecule has 74 heavy (non-hydrogen) atoms. The zero-order chi connectivity index (χ0) is 54.0. The summed E-state index contributed by atoms with van der Waals surface area (Å²) in [6.07, 6.45) is 53.5. The molecule has 0 aromatic carbocycles. The molecule has 0 bridgehead atoms. The van der Waals surface area contributed by atoms with Crippen molar-refractivity contribution < 1.29 is 50.0 Å². The fraction of sp³-hybridized carbons (Fsp3) is 0.889. The lowest BCUT2D eigenvalue weighted by Crippen LogP contribution is -2.60. The van der Waals surface area contributed by atoms with Gasteiger partial charge in [-0.05, 0) is 77.0 Å². The molecule has 11 heteroatoms. The van der Waals surface area contributed by atoms with Gasteiger partial charge in [0.25, 0.3) is 0 Å². The predicted molar refractivity (Wildman–Crippen MR) is 307 cm³/mol. The van der Waals surface area contributed by atoms with Gasteiger partial charge in [0, 0.05) is 0 Å². The summed E-state index contributed by atoms with van der Waals surface area (Å²) in [4.78, 5) is 13.2. The van der Waals surface area contributed by atoms with Gasteiger partial charge in [0.2, 0.25) is 5.91 Å². The molecule has 1 saturated heterocycles. The van der Waals surface area contributed by atoms with Gasteiger partial charge in [-0.1, -0.05) is 249 Å². The Morgan fingerprint density at radius 2 is 0.811 bits per heavy atom. The van der Waals surface area contributed by atoms with Crippen molar-refractivity contribution in [3.8, 4) is 0 Å². The monoisotopic (exact) mass is 1050 g/mol. The molecule has 1 aliphatic rings. The molecule has 9 unspecified atom stereocenters. The van der Waals surface area contributed by atoms with Gasteiger partial charge < -0.3 is 50.5 Å². The molecule has 0 spiro atoms. The van der Waals surface area contributed by atoms with Crippen LogP contribution in [0.15, 0.2) is 36.5 Å². The van der Waals surface area contributed by atoms with E-state index in [1.165, 1.54) is 199 Å². The first kappa shape index (κ1) is 70.3. The van der Waals surface area contributed by atoms with Crippen LogP contribution in [0.4, 0.5) is 0 Å². The third kappa shape index (κ3) is 39.7. The van der Waals surface area contributed by atoms with Crippen molar-refractivity contribution in [2.24, 2.45) is 0 Å². The molecule has 9 atom stereocenters. The topological polar surface area (TPSA) is 189 Å². The Kier molecular flexibility index (Phi) is 49.5. The van der Waals surface area contributed by atoms with Crippen LogP contribution in [0.5, 0.6) is 0 Å². The standard InChI is InChI=1S/C63H119NO10/c1-3-5-7-9-11-13-15-17-19-21-23-25-27-29-30-32-34-36-38-40-42-44-46-48-50-55(66)58(68)54(53-73-63-61(71)60(70)59(69)57(52-65)74-63)64-62(72)56(67)51-49-47-45-43-41-39-37-35-33-31-28-26-24-22-20-18-16-14-12-10-8-6-4-2/h31,33-34,36,42,44,54-61,63,65-71H,3-30,32,35,37-41,43,45-53H2,1-2H3,(H,64,72)/b33-31-,36-34+,44-42+. The average Bonchev–Trinajstić information content (AvgIpc) is 3.40. The summed E-state index contributed by atoms with van der Waals surface area (Å²) in [7, 11) is 0. The number of allylic oxidation sites excluding steroid dienone is 6. The van der Waals surface area contributed by atoms with E-state index in [1.807, 2.05) is 0 Å². The van der Waals surface area contributed by atoms with E-state index in [1.54, 1.807) is 0 Å². The van der Waals surface area contributed by atoms with Crippen LogP contribution in [-0.2, 0) is 14.3 Å². The highest BCUT2D eigenvalue weighted by Crippen LogP contribution is 2.23. The Hall–Kier alpha value is -1.67. The largest absolute Gasteiger partial charge is 0.394 e. The van der Waals surface area contributed by atoms with Crippen LogP contribution in [0, 0.1) is 0 Å². The van der Waals surface area contributed by atoms with Crippen LogP contribution in [0.3, 0.4) is 0 Å². The van der Waals surface area contributed by atoms with Gasteiger partial charge in [-0.2, -0.15) is 0 Å². The Balaban J connectivity index is 2.31. The Morgan fingerprint density at radius 1 is 0.459 bits per heavy atom. The lowest BCUT2D eigenvalue weighted by Gasteiger charge is -2.40. The molecular weight excluding hydrogens is 931 g/mol. The van der Waals surface area contributed by atoms with Gasteiger partial charge in [0.05, 0.1) is 25.4 Å². The second-order valence-electron chi connectivity index (χ2n) is 22.1. The summed E-state index contributed by atoms with van der Waals surface area (Å²) in [5.41, 5.74) is 0. The number of hydrogen-bond acceptors (Lipinski definition) is 10. The van der Waals surface area contributed by atoms with E-state index in [4.69, 9.17) is 9.47 Å². The first-order valence-corrected chi connectivity index (χ1v) is 31.4. The minimum atomic E-state index is -1.67. The summed E-state index contributed by atoms with van der Waals surface area (Å²) >= 11 is 0. The molecule has 436 valence electrons. The van der Waals surface area contributed by atoms with Crippen molar-refractivity contribution in [2.75, 3.05) is 13.2 Å². The minimum Gasteiger partial charge on any atom is -0.394 e. The fourth-order valence-electron chi connectivity index (χ4n) is 10.0. The molecule has 1 amide bonds. The van der Waals surface area contributed by atoms with Crippen molar-refractivity contribution in [3.05, 3.63) is 36.5 Å². The number of aliphatic hydroxyl groups is 7. The highest BCUT2D eigenvalue weighted by Gasteiger charge is 2.44. The number of nitrogens with one attached hydrogen (secondary N) is 1. The van der Waals surface area contributed by atoms with Gasteiger partial charge >= 0.3 is 0 Å². The lowest BCUT2D eigenvalue weighted by molar-refractivity contribution is -0.303. The van der Waals surface area contributed by atoms with E-state index in [2.05, 4.69) is 55.6 Å². The van der Waals surface area contributed by atoms with Crippen molar-refractivity contribution in [1.82, 2.24) is 5.32 Å². The summed E-state index contributed by atoms with van der Waals surface area (Å²) in [6, 6.07) is -1.19. The third-order valence-corrected chi connectivity index (χ3v) is 15.1. The van der Waals surface area contributed by atoms with Crippen LogP contribution < -0.4 is 5.32 Å². The molecule has 1 rings (SSSR count). The van der Waals surface area contributed by atoms with Crippen molar-refractivity contribution in [1.29, 1.82) is 0 Å². The number of hydrogen-bond donors (Lipinski definition) is 8. The molecule has 11 nitrogen and oxygen atoms in total. The summed E-state index contributed by atoms with van der Waals surface area (Å²) < 4.78 is 11.1. The Bertz CT molecular complexity index is 1300. The van der Waals surface area contributed by atoms with Crippen LogP contribution in [-0.4, -0.2) is 110 Å². The fourth-order valence-corrected chi connectivity index (χ4v) is 10.0. The van der Waals surface area contributed by atoms with Crippen molar-refractivity contribution >= 4 is 5.91 Å². The molecule has 1 aliphatic heterocycles. The van der Waals surface area contributed by atoms with Crippen molar-refractivity contribution in [3.63, 3.8) is 0 Å². The molecule has 1 heterocycles. The Morgan fingerprint density at radius 3 is 1.20 bits per heavy atom. The maximum atomic E-state index is 13.2. The van der Waals surface area contributed by atoms with Crippen LogP contribution in [0.25, 0.3) is 0 Å². The zero-order valence-corrected chi connectivity index (χ0v) is 47.8. The van der Waals surface area contributed by atoms with Gasteiger partial charge in [-0.25, -0.2) is 0 Å². The second kappa shape index (κ2) is 52.1. The second-order valence-corrected chi connectivity index (χ2v) is 22.1. The number of carbonyl (C=O) groups is 1. The summed E-state index contributed by atoms with van der Waals surface area (Å²) in [6.45, 7) is 3.47. The molecule has 1 fully saturated rings. The maximum absolute atomic E-state index is 13.2. The number of amides is 1. The summed E-state index contributed by atoms with van der Waals surface area (Å²) in [5.74, 6) is -0.711. The molecule has 8 N–H and O–H groups in total. The molecule has 0 aliphatic carbocycles. The first-order chi connectivity index (χ1) is 36.2. The highest BCUT2D eigenvalue weighted by atomic mass is 16.7. The van der Waals surface area contributed by atoms with Crippen LogP contribution in [0.1, 0.15) is 290 Å². The zero-order valence-electron chi connectivity index (χ0n) is 47.8. The van der Waals surface area contributed by atoms with Crippen molar-refractivity contribution in [2.45, 2.75) is 345 Å². The van der Waals surface area contributed by atoms with E-state index in [0.29, 0.717) is 19.3 Å². The third-order valence-electron chi connectivity index (χ3n) is 15.1. The quantitative estimate of drug-likeness (QED) is 0.0215. The highest BCUT2D eigenvalue weighted by molar-refractivity contribution is 5.80.